The van der Waals surface area contributed by atoms with Gasteiger partial charge >= 0.3 is 12.1 Å². The molecule has 1 fully saturated rings. The number of nitriles is 1. The number of anilines is 1. The number of aryl methyl sites for hydroxylation is 1. The highest BCUT2D eigenvalue weighted by Gasteiger charge is 2.42. The Labute approximate surface area is 235 Å². The number of hydrogen-bond acceptors (Lipinski definition) is 9. The Kier molecular flexibility index (Phi) is 8.44. The molecule has 9 nitrogen and oxygen atoms in total. The predicted molar refractivity (Wildman–Crippen MR) is 139 cm³/mol. The molecule has 0 saturated carbocycles. The van der Waals surface area contributed by atoms with Crippen molar-refractivity contribution in [2.45, 2.75) is 29.8 Å². The van der Waals surface area contributed by atoms with Gasteiger partial charge in [0.05, 0.1) is 29.2 Å². The lowest BCUT2D eigenvalue weighted by molar-refractivity contribution is -0.141. The van der Waals surface area contributed by atoms with Crippen molar-refractivity contribution in [2.75, 3.05) is 18.6 Å². The van der Waals surface area contributed by atoms with Crippen LogP contribution >= 0.6 is 11.8 Å². The van der Waals surface area contributed by atoms with E-state index in [2.05, 4.69) is 4.98 Å². The van der Waals surface area contributed by atoms with Crippen molar-refractivity contribution < 1.29 is 41.8 Å². The fraction of sp³-hybridized carbons (Fsp3) is 0.214. The van der Waals surface area contributed by atoms with E-state index in [1.54, 1.807) is 24.3 Å². The molecule has 4 rings (SSSR count). The number of methoxy groups -OCH3 is 1. The molecular formula is C28H20F3N3O6S. The summed E-state index contributed by atoms with van der Waals surface area (Å²) in [6.45, 7) is 0.804. The zero-order valence-corrected chi connectivity index (χ0v) is 22.3. The average molecular weight is 584 g/mol. The van der Waals surface area contributed by atoms with Crippen LogP contribution in [0.3, 0.4) is 0 Å². The highest BCUT2D eigenvalue weighted by molar-refractivity contribution is 8.00. The average Bonchev–Trinajstić information content (AvgIpc) is 3.22. The molecule has 2 heterocycles. The lowest BCUT2D eigenvalue weighted by Gasteiger charge is -2.16. The number of benzene rings is 2. The number of nitrogens with zero attached hydrogens (tertiary/aromatic N) is 3. The summed E-state index contributed by atoms with van der Waals surface area (Å²) in [6, 6.07) is 14.2. The molecule has 41 heavy (non-hydrogen) atoms. The van der Waals surface area contributed by atoms with Crippen LogP contribution in [0.15, 0.2) is 59.6 Å². The van der Waals surface area contributed by atoms with E-state index in [9.17, 15) is 37.6 Å². The quantitative estimate of drug-likeness (QED) is 0.210. The van der Waals surface area contributed by atoms with Gasteiger partial charge in [-0.05, 0) is 55.0 Å². The van der Waals surface area contributed by atoms with E-state index in [1.165, 1.54) is 44.4 Å². The summed E-state index contributed by atoms with van der Waals surface area (Å²) in [5, 5.41) is 8.01. The first-order chi connectivity index (χ1) is 19.4. The first-order valence-corrected chi connectivity index (χ1v) is 12.8. The van der Waals surface area contributed by atoms with Crippen LogP contribution in [0, 0.1) is 18.3 Å². The Morgan fingerprint density at radius 1 is 1.12 bits per heavy atom. The van der Waals surface area contributed by atoms with Crippen molar-refractivity contribution in [1.29, 1.82) is 5.26 Å². The molecule has 0 bridgehead atoms. The highest BCUT2D eigenvalue weighted by atomic mass is 32.2. The van der Waals surface area contributed by atoms with Gasteiger partial charge in [0.25, 0.3) is 0 Å². The second kappa shape index (κ2) is 11.8. The zero-order chi connectivity index (χ0) is 29.9. The molecule has 1 atom stereocenters. The molecule has 0 aliphatic carbocycles. The summed E-state index contributed by atoms with van der Waals surface area (Å²) in [5.74, 6) is -2.11. The number of hydrogen-bond donors (Lipinski definition) is 0. The van der Waals surface area contributed by atoms with Gasteiger partial charge < -0.3 is 9.47 Å². The molecule has 2 amide bonds. The van der Waals surface area contributed by atoms with Crippen LogP contribution in [0.25, 0.3) is 0 Å². The third-order valence-electron chi connectivity index (χ3n) is 6.03. The molecule has 0 N–H and O–H groups in total. The van der Waals surface area contributed by atoms with Crippen LogP contribution in [0.5, 0.6) is 5.75 Å². The van der Waals surface area contributed by atoms with Gasteiger partial charge in [0.1, 0.15) is 22.5 Å². The largest absolute Gasteiger partial charge is 0.497 e. The smallest absolute Gasteiger partial charge is 0.433 e. The third-order valence-corrected chi connectivity index (χ3v) is 7.20. The maximum atomic E-state index is 13.3. The summed E-state index contributed by atoms with van der Waals surface area (Å²) in [7, 11) is 1.45. The fourth-order valence-electron chi connectivity index (χ4n) is 3.95. The summed E-state index contributed by atoms with van der Waals surface area (Å²) in [4.78, 5) is 55.0. The van der Waals surface area contributed by atoms with Crippen LogP contribution in [-0.2, 0) is 20.5 Å². The number of ether oxygens (including phenoxy) is 2. The summed E-state index contributed by atoms with van der Waals surface area (Å²) >= 11 is 0.615. The lowest BCUT2D eigenvalue weighted by Crippen LogP contribution is -2.31. The van der Waals surface area contributed by atoms with Crippen LogP contribution < -0.4 is 9.64 Å². The van der Waals surface area contributed by atoms with Gasteiger partial charge in [-0.25, -0.2) is 14.7 Å². The van der Waals surface area contributed by atoms with Crippen molar-refractivity contribution in [2.24, 2.45) is 0 Å². The molecule has 3 aromatic rings. The van der Waals surface area contributed by atoms with Gasteiger partial charge in [0, 0.05) is 12.0 Å². The Balaban J connectivity index is 1.44. The number of halogens is 3. The Hall–Kier alpha value is -4.70. The zero-order valence-electron chi connectivity index (χ0n) is 21.5. The summed E-state index contributed by atoms with van der Waals surface area (Å²) < 4.78 is 49.9. The number of Topliss-reactive ketones (excluding diaryl/α,β-unsaturated/α-hetero) is 1. The molecule has 1 aliphatic heterocycles. The van der Waals surface area contributed by atoms with Gasteiger partial charge in [-0.2, -0.15) is 18.4 Å². The number of amides is 2. The van der Waals surface area contributed by atoms with E-state index in [0.717, 1.165) is 11.0 Å². The first-order valence-electron chi connectivity index (χ1n) is 11.9. The minimum absolute atomic E-state index is 0.0404. The van der Waals surface area contributed by atoms with Crippen LogP contribution in [-0.4, -0.2) is 47.5 Å². The van der Waals surface area contributed by atoms with Gasteiger partial charge in [-0.15, -0.1) is 0 Å². The van der Waals surface area contributed by atoms with Crippen molar-refractivity contribution in [1.82, 2.24) is 4.98 Å². The number of esters is 1. The van der Waals surface area contributed by atoms with Crippen molar-refractivity contribution in [3.8, 4) is 11.8 Å². The van der Waals surface area contributed by atoms with E-state index in [-0.39, 0.29) is 33.8 Å². The molecule has 2 aromatic carbocycles. The number of rotatable bonds is 8. The summed E-state index contributed by atoms with van der Waals surface area (Å²) in [5.41, 5.74) is -0.811. The van der Waals surface area contributed by atoms with E-state index < -0.39 is 47.3 Å². The molecule has 1 aliphatic rings. The predicted octanol–water partition coefficient (Wildman–Crippen LogP) is 4.75. The number of alkyl halides is 3. The van der Waals surface area contributed by atoms with Crippen LogP contribution in [0.4, 0.5) is 18.9 Å². The van der Waals surface area contributed by atoms with Crippen molar-refractivity contribution in [3.63, 3.8) is 0 Å². The molecule has 1 saturated heterocycles. The van der Waals surface area contributed by atoms with Crippen molar-refractivity contribution in [3.05, 3.63) is 82.5 Å². The molecule has 1 aromatic heterocycles. The van der Waals surface area contributed by atoms with E-state index >= 15 is 0 Å². The monoisotopic (exact) mass is 583 g/mol. The van der Waals surface area contributed by atoms with E-state index in [4.69, 9.17) is 9.47 Å². The molecule has 0 radical (unpaired) electrons. The number of carbonyl (C=O) groups excluding carboxylic acids is 4. The SMILES string of the molecule is COc1cccc(C(=O)COC(=O)c2ccc(N3C(=O)CC(Sc4nc(C(F)(F)F)cc(C)c4C#N)C3=O)cc2)c1. The Morgan fingerprint density at radius 2 is 1.83 bits per heavy atom. The van der Waals surface area contributed by atoms with Gasteiger partial charge in [-0.3, -0.25) is 14.4 Å². The van der Waals surface area contributed by atoms with Crippen LogP contribution in [0.2, 0.25) is 0 Å². The van der Waals surface area contributed by atoms with Gasteiger partial charge in [-0.1, -0.05) is 23.9 Å². The number of imide groups is 1. The Morgan fingerprint density at radius 3 is 2.46 bits per heavy atom. The highest BCUT2D eigenvalue weighted by Crippen LogP contribution is 2.38. The van der Waals surface area contributed by atoms with Gasteiger partial charge in [0.15, 0.2) is 12.4 Å². The van der Waals surface area contributed by atoms with Crippen LogP contribution in [0.1, 0.15) is 44.0 Å². The second-order valence-electron chi connectivity index (χ2n) is 8.77. The maximum absolute atomic E-state index is 13.3. The van der Waals surface area contributed by atoms with E-state index in [0.29, 0.717) is 23.1 Å². The van der Waals surface area contributed by atoms with Gasteiger partial charge in [0.2, 0.25) is 11.8 Å². The number of pyridine rings is 1. The van der Waals surface area contributed by atoms with E-state index in [1.807, 2.05) is 0 Å². The molecule has 210 valence electrons. The topological polar surface area (TPSA) is 127 Å². The molecule has 13 heteroatoms. The molecule has 1 unspecified atom stereocenters. The molecule has 0 spiro atoms. The minimum Gasteiger partial charge on any atom is -0.497 e. The normalized spacial score (nSPS) is 15.0. The Bertz CT molecular complexity index is 1580. The fourth-order valence-corrected chi connectivity index (χ4v) is 5.13. The lowest BCUT2D eigenvalue weighted by atomic mass is 10.1. The number of aromatic nitrogens is 1. The second-order valence-corrected chi connectivity index (χ2v) is 9.96. The number of carbonyl (C=O) groups is 4. The minimum atomic E-state index is -4.76. The molecular weight excluding hydrogens is 563 g/mol. The third kappa shape index (κ3) is 6.38. The summed E-state index contributed by atoms with van der Waals surface area (Å²) in [6.07, 6.45) is -5.09. The number of thioether (sulfide) groups is 1. The standard InChI is InChI=1S/C28H20F3N3O6S/c1-15-10-23(28(29,30)31)33-25(20(15)13-32)41-22-12-24(36)34(26(22)37)18-8-6-16(7-9-18)27(38)40-14-21(35)17-4-3-5-19(11-17)39-2/h3-11,22H,12,14H2,1-2H3. The van der Waals surface area contributed by atoms with Crippen molar-refractivity contribution >= 4 is 41.0 Å². The maximum Gasteiger partial charge on any atom is 0.433 e. The number of ketones is 1. The first kappa shape index (κ1) is 29.3.